The molecule has 12 heavy (non-hydrogen) atoms. The van der Waals surface area contributed by atoms with Gasteiger partial charge in [-0.3, -0.25) is 0 Å². The van der Waals surface area contributed by atoms with Crippen LogP contribution in [0.5, 0.6) is 0 Å². The fourth-order valence-electron chi connectivity index (χ4n) is 1.38. The van der Waals surface area contributed by atoms with Gasteiger partial charge >= 0.3 is 0 Å². The molecule has 0 aliphatic heterocycles. The molecule has 0 aromatic rings. The molecule has 0 heterocycles. The second kappa shape index (κ2) is 9.57. The lowest BCUT2D eigenvalue weighted by Crippen LogP contribution is -1.89. The lowest BCUT2D eigenvalue weighted by Gasteiger charge is -2.02. The fourth-order valence-corrected chi connectivity index (χ4v) is 1.71. The van der Waals surface area contributed by atoms with Crippen molar-refractivity contribution in [3.63, 3.8) is 0 Å². The predicted molar refractivity (Wildman–Crippen MR) is 61.0 cm³/mol. The highest BCUT2D eigenvalue weighted by Gasteiger charge is 1.95. The summed E-state index contributed by atoms with van der Waals surface area (Å²) < 4.78 is 0. The van der Waals surface area contributed by atoms with Gasteiger partial charge in [-0.2, -0.15) is 0 Å². The Morgan fingerprint density at radius 1 is 0.917 bits per heavy atom. The van der Waals surface area contributed by atoms with E-state index in [1.54, 1.807) is 0 Å². The average molecular weight is 235 g/mol. The second-order valence-electron chi connectivity index (χ2n) is 3.69. The van der Waals surface area contributed by atoms with Gasteiger partial charge < -0.3 is 0 Å². The summed E-state index contributed by atoms with van der Waals surface area (Å²) in [6.45, 7) is 4.50. The standard InChI is InChI=1S/C11H23Br/c1-3-4-5-6-7-8-9-10-11(2)12/h11H,3-10H2,1-2H3. The lowest BCUT2D eigenvalue weighted by molar-refractivity contribution is 0.576. The third-order valence-electron chi connectivity index (χ3n) is 2.21. The third kappa shape index (κ3) is 10.5. The predicted octanol–water partition coefficient (Wildman–Crippen LogP) is 4.91. The number of hydrogen-bond acceptors (Lipinski definition) is 0. The van der Waals surface area contributed by atoms with E-state index in [1.807, 2.05) is 0 Å². The molecule has 1 unspecified atom stereocenters. The minimum absolute atomic E-state index is 0.716. The van der Waals surface area contributed by atoms with E-state index in [9.17, 15) is 0 Å². The third-order valence-corrected chi connectivity index (χ3v) is 2.66. The van der Waals surface area contributed by atoms with Gasteiger partial charge in [0.05, 0.1) is 0 Å². The molecule has 0 radical (unpaired) electrons. The maximum Gasteiger partial charge on any atom is 0.0117 e. The SMILES string of the molecule is CCCCCCCCCC(C)Br. The molecule has 0 fully saturated rings. The first-order valence-corrected chi connectivity index (χ1v) is 6.33. The zero-order valence-corrected chi connectivity index (χ0v) is 10.2. The van der Waals surface area contributed by atoms with Crippen LogP contribution in [0.3, 0.4) is 0 Å². The van der Waals surface area contributed by atoms with Crippen LogP contribution in [-0.4, -0.2) is 4.83 Å². The van der Waals surface area contributed by atoms with Gasteiger partial charge in [0.15, 0.2) is 0 Å². The molecule has 0 aromatic carbocycles. The summed E-state index contributed by atoms with van der Waals surface area (Å²) in [6.07, 6.45) is 11.3. The summed E-state index contributed by atoms with van der Waals surface area (Å²) in [6, 6.07) is 0. The van der Waals surface area contributed by atoms with Gasteiger partial charge in [0, 0.05) is 4.83 Å². The van der Waals surface area contributed by atoms with Crippen LogP contribution < -0.4 is 0 Å². The minimum atomic E-state index is 0.716. The van der Waals surface area contributed by atoms with Crippen molar-refractivity contribution in [3.8, 4) is 0 Å². The maximum absolute atomic E-state index is 3.57. The first kappa shape index (κ1) is 12.5. The molecule has 0 bridgehead atoms. The molecule has 1 heteroatoms. The van der Waals surface area contributed by atoms with Crippen LogP contribution in [0.15, 0.2) is 0 Å². The molecule has 74 valence electrons. The highest BCUT2D eigenvalue weighted by Crippen LogP contribution is 2.12. The molecule has 0 aromatic heterocycles. The smallest absolute Gasteiger partial charge is 0.0117 e. The highest BCUT2D eigenvalue weighted by atomic mass is 79.9. The number of hydrogen-bond donors (Lipinski definition) is 0. The monoisotopic (exact) mass is 234 g/mol. The first-order valence-electron chi connectivity index (χ1n) is 5.41. The Morgan fingerprint density at radius 3 is 1.92 bits per heavy atom. The molecule has 0 rings (SSSR count). The van der Waals surface area contributed by atoms with Crippen LogP contribution in [-0.2, 0) is 0 Å². The largest absolute Gasteiger partial charge is 0.0894 e. The van der Waals surface area contributed by atoms with E-state index in [4.69, 9.17) is 0 Å². The normalized spacial score (nSPS) is 13.2. The van der Waals surface area contributed by atoms with Gasteiger partial charge in [-0.25, -0.2) is 0 Å². The topological polar surface area (TPSA) is 0 Å². The molecule has 0 saturated heterocycles. The van der Waals surface area contributed by atoms with Crippen LogP contribution in [0.2, 0.25) is 0 Å². The van der Waals surface area contributed by atoms with Gasteiger partial charge in [-0.15, -0.1) is 0 Å². The molecular formula is C11H23Br. The van der Waals surface area contributed by atoms with Crippen molar-refractivity contribution < 1.29 is 0 Å². The molecule has 0 N–H and O–H groups in total. The van der Waals surface area contributed by atoms with Crippen molar-refractivity contribution >= 4 is 15.9 Å². The quantitative estimate of drug-likeness (QED) is 0.414. The average Bonchev–Trinajstić information content (AvgIpc) is 2.02. The summed E-state index contributed by atoms with van der Waals surface area (Å²) in [5.41, 5.74) is 0. The molecule has 0 aliphatic carbocycles. The zero-order valence-electron chi connectivity index (χ0n) is 8.61. The lowest BCUT2D eigenvalue weighted by atomic mass is 10.1. The van der Waals surface area contributed by atoms with Gasteiger partial charge in [0.1, 0.15) is 0 Å². The van der Waals surface area contributed by atoms with Gasteiger partial charge in [-0.05, 0) is 6.42 Å². The molecule has 0 aliphatic rings. The van der Waals surface area contributed by atoms with E-state index < -0.39 is 0 Å². The Balaban J connectivity index is 2.82. The van der Waals surface area contributed by atoms with Gasteiger partial charge in [-0.1, -0.05) is 74.7 Å². The van der Waals surface area contributed by atoms with Crippen molar-refractivity contribution in [2.24, 2.45) is 0 Å². The Labute approximate surface area is 86.3 Å². The molecular weight excluding hydrogens is 212 g/mol. The Kier molecular flexibility index (Phi) is 9.95. The summed E-state index contributed by atoms with van der Waals surface area (Å²) in [5.74, 6) is 0. The summed E-state index contributed by atoms with van der Waals surface area (Å²) in [4.78, 5) is 0.716. The Bertz CT molecular complexity index is 79.1. The Hall–Kier alpha value is 0.480. The van der Waals surface area contributed by atoms with Crippen LogP contribution in [0.4, 0.5) is 0 Å². The minimum Gasteiger partial charge on any atom is -0.0894 e. The summed E-state index contributed by atoms with van der Waals surface area (Å²) >= 11 is 3.57. The van der Waals surface area contributed by atoms with Crippen molar-refractivity contribution in [1.82, 2.24) is 0 Å². The maximum atomic E-state index is 3.57. The number of unbranched alkanes of at least 4 members (excludes halogenated alkanes) is 6. The Morgan fingerprint density at radius 2 is 1.42 bits per heavy atom. The molecule has 0 spiro atoms. The van der Waals surface area contributed by atoms with Crippen LogP contribution >= 0.6 is 15.9 Å². The van der Waals surface area contributed by atoms with Crippen molar-refractivity contribution in [2.75, 3.05) is 0 Å². The molecule has 0 saturated carbocycles. The van der Waals surface area contributed by atoms with Crippen molar-refractivity contribution in [2.45, 2.75) is 70.0 Å². The number of alkyl halides is 1. The number of rotatable bonds is 8. The highest BCUT2D eigenvalue weighted by molar-refractivity contribution is 9.09. The van der Waals surface area contributed by atoms with Crippen LogP contribution in [0, 0.1) is 0 Å². The van der Waals surface area contributed by atoms with Gasteiger partial charge in [0.2, 0.25) is 0 Å². The zero-order chi connectivity index (χ0) is 9.23. The van der Waals surface area contributed by atoms with Crippen molar-refractivity contribution in [3.05, 3.63) is 0 Å². The van der Waals surface area contributed by atoms with E-state index in [0.717, 1.165) is 0 Å². The van der Waals surface area contributed by atoms with Gasteiger partial charge in [0.25, 0.3) is 0 Å². The van der Waals surface area contributed by atoms with Crippen LogP contribution in [0.1, 0.15) is 65.2 Å². The molecule has 0 amide bonds. The molecule has 1 atom stereocenters. The van der Waals surface area contributed by atoms with E-state index in [-0.39, 0.29) is 0 Å². The van der Waals surface area contributed by atoms with E-state index in [1.165, 1.54) is 51.4 Å². The van der Waals surface area contributed by atoms with E-state index in [0.29, 0.717) is 4.83 Å². The summed E-state index contributed by atoms with van der Waals surface area (Å²) in [7, 11) is 0. The summed E-state index contributed by atoms with van der Waals surface area (Å²) in [5, 5.41) is 0. The molecule has 0 nitrogen and oxygen atoms in total. The first-order chi connectivity index (χ1) is 5.77. The van der Waals surface area contributed by atoms with Crippen LogP contribution in [0.25, 0.3) is 0 Å². The van der Waals surface area contributed by atoms with E-state index in [2.05, 4.69) is 29.8 Å². The second-order valence-corrected chi connectivity index (χ2v) is 5.25. The van der Waals surface area contributed by atoms with E-state index >= 15 is 0 Å². The fraction of sp³-hybridized carbons (Fsp3) is 1.00. The number of halogens is 1. The van der Waals surface area contributed by atoms with Crippen molar-refractivity contribution in [1.29, 1.82) is 0 Å².